The Balaban J connectivity index is 1.75. The quantitative estimate of drug-likeness (QED) is 0.744. The molecule has 0 saturated carbocycles. The average molecular weight is 388 g/mol. The molecule has 0 unspecified atom stereocenters. The predicted octanol–water partition coefficient (Wildman–Crippen LogP) is 4.17. The lowest BCUT2D eigenvalue weighted by atomic mass is 9.85. The maximum Gasteiger partial charge on any atom is 0.211 e. The zero-order valence-corrected chi connectivity index (χ0v) is 18.6. The third kappa shape index (κ3) is 4.49. The number of oxazole rings is 1. The minimum absolute atomic E-state index is 0.0139. The SMILES string of the molecule is CCN1CCC[C@@H](CN(C)[C@@H](C)c2ncc(C(C)(C)C)o2)[C@@H]1c1cnn(C)c1. The molecule has 1 aliphatic heterocycles. The van der Waals surface area contributed by atoms with Crippen LogP contribution in [0.15, 0.2) is 23.0 Å². The summed E-state index contributed by atoms with van der Waals surface area (Å²) in [4.78, 5) is 9.57. The molecule has 2 aromatic heterocycles. The first-order chi connectivity index (χ1) is 13.2. The van der Waals surface area contributed by atoms with Crippen molar-refractivity contribution in [3.05, 3.63) is 35.8 Å². The molecule has 0 radical (unpaired) electrons. The van der Waals surface area contributed by atoms with E-state index in [9.17, 15) is 0 Å². The maximum absolute atomic E-state index is 6.10. The molecule has 0 bridgehead atoms. The first-order valence-corrected chi connectivity index (χ1v) is 10.6. The maximum atomic E-state index is 6.10. The number of aromatic nitrogens is 3. The number of likely N-dealkylation sites (tertiary alicyclic amines) is 1. The van der Waals surface area contributed by atoms with E-state index in [0.29, 0.717) is 12.0 Å². The van der Waals surface area contributed by atoms with Crippen LogP contribution in [0.25, 0.3) is 0 Å². The van der Waals surface area contributed by atoms with Gasteiger partial charge < -0.3 is 4.42 Å². The molecule has 1 aliphatic rings. The molecule has 0 spiro atoms. The summed E-state index contributed by atoms with van der Waals surface area (Å²) < 4.78 is 8.02. The van der Waals surface area contributed by atoms with Crippen molar-refractivity contribution in [1.82, 2.24) is 24.6 Å². The van der Waals surface area contributed by atoms with Gasteiger partial charge in [0.25, 0.3) is 0 Å². The van der Waals surface area contributed by atoms with E-state index in [2.05, 4.69) is 67.7 Å². The van der Waals surface area contributed by atoms with Gasteiger partial charge in [0.1, 0.15) is 5.76 Å². The Morgan fingerprint density at radius 3 is 2.64 bits per heavy atom. The fraction of sp³-hybridized carbons (Fsp3) is 0.727. The van der Waals surface area contributed by atoms with E-state index in [1.54, 1.807) is 0 Å². The lowest BCUT2D eigenvalue weighted by Crippen LogP contribution is -2.43. The van der Waals surface area contributed by atoms with Crippen LogP contribution < -0.4 is 0 Å². The van der Waals surface area contributed by atoms with Gasteiger partial charge in [-0.2, -0.15) is 5.10 Å². The molecule has 3 atom stereocenters. The summed E-state index contributed by atoms with van der Waals surface area (Å²) in [6.45, 7) is 14.2. The van der Waals surface area contributed by atoms with Gasteiger partial charge in [0, 0.05) is 36.8 Å². The van der Waals surface area contributed by atoms with E-state index in [-0.39, 0.29) is 11.5 Å². The Morgan fingerprint density at radius 1 is 1.32 bits per heavy atom. The normalized spacial score (nSPS) is 22.7. The molecule has 1 saturated heterocycles. The zero-order chi connectivity index (χ0) is 20.5. The van der Waals surface area contributed by atoms with Crippen molar-refractivity contribution in [3.8, 4) is 0 Å². The molecule has 28 heavy (non-hydrogen) atoms. The molecule has 156 valence electrons. The topological polar surface area (TPSA) is 50.3 Å². The average Bonchev–Trinajstić information content (AvgIpc) is 3.29. The van der Waals surface area contributed by atoms with Gasteiger partial charge in [-0.05, 0) is 45.8 Å². The second-order valence-electron chi connectivity index (χ2n) is 9.35. The van der Waals surface area contributed by atoms with E-state index in [4.69, 9.17) is 4.42 Å². The summed E-state index contributed by atoms with van der Waals surface area (Å²) in [5.41, 5.74) is 1.32. The van der Waals surface area contributed by atoms with Crippen molar-refractivity contribution in [1.29, 1.82) is 0 Å². The number of hydrogen-bond donors (Lipinski definition) is 0. The molecular formula is C22H37N5O. The molecule has 2 aromatic rings. The summed E-state index contributed by atoms with van der Waals surface area (Å²) >= 11 is 0. The van der Waals surface area contributed by atoms with E-state index in [0.717, 1.165) is 24.7 Å². The van der Waals surface area contributed by atoms with Crippen molar-refractivity contribution in [2.24, 2.45) is 13.0 Å². The van der Waals surface area contributed by atoms with Gasteiger partial charge in [-0.25, -0.2) is 4.98 Å². The molecule has 3 rings (SSSR count). The van der Waals surface area contributed by atoms with E-state index in [1.165, 1.54) is 24.9 Å². The van der Waals surface area contributed by atoms with E-state index >= 15 is 0 Å². The van der Waals surface area contributed by atoms with E-state index in [1.807, 2.05) is 24.1 Å². The van der Waals surface area contributed by atoms with Gasteiger partial charge in [-0.15, -0.1) is 0 Å². The predicted molar refractivity (Wildman–Crippen MR) is 112 cm³/mol. The Kier molecular flexibility index (Phi) is 6.30. The molecule has 0 aromatic carbocycles. The standard InChI is InChI=1S/C22H37N5O/c1-8-27-11-9-10-17(20(27)18-12-24-26(7)15-18)14-25(6)16(2)21-23-13-19(28-21)22(3,4)5/h12-13,15-17,20H,8-11,14H2,1-7H3/t16-,17-,20+/m0/s1. The van der Waals surface area contributed by atoms with Gasteiger partial charge in [-0.1, -0.05) is 27.7 Å². The van der Waals surface area contributed by atoms with Crippen LogP contribution in [0, 0.1) is 5.92 Å². The molecule has 6 nitrogen and oxygen atoms in total. The Labute approximate surface area is 169 Å². The highest BCUT2D eigenvalue weighted by Crippen LogP contribution is 2.37. The van der Waals surface area contributed by atoms with Crippen LogP contribution in [0.4, 0.5) is 0 Å². The monoisotopic (exact) mass is 387 g/mol. The van der Waals surface area contributed by atoms with Gasteiger partial charge >= 0.3 is 0 Å². The largest absolute Gasteiger partial charge is 0.443 e. The minimum atomic E-state index is -0.0139. The van der Waals surface area contributed by atoms with Crippen LogP contribution in [0.1, 0.15) is 76.8 Å². The summed E-state index contributed by atoms with van der Waals surface area (Å²) in [7, 11) is 4.19. The molecule has 6 heteroatoms. The van der Waals surface area contributed by atoms with Crippen LogP contribution in [-0.2, 0) is 12.5 Å². The lowest BCUT2D eigenvalue weighted by Gasteiger charge is -2.42. The Morgan fingerprint density at radius 2 is 2.07 bits per heavy atom. The van der Waals surface area contributed by atoms with Crippen molar-refractivity contribution in [2.45, 2.75) is 65.0 Å². The fourth-order valence-electron chi connectivity index (χ4n) is 4.32. The van der Waals surface area contributed by atoms with Gasteiger partial charge in [0.05, 0.1) is 18.4 Å². The van der Waals surface area contributed by atoms with E-state index < -0.39 is 0 Å². The fourth-order valence-corrected chi connectivity index (χ4v) is 4.32. The van der Waals surface area contributed by atoms with Crippen molar-refractivity contribution in [2.75, 3.05) is 26.7 Å². The highest BCUT2D eigenvalue weighted by molar-refractivity contribution is 5.14. The smallest absolute Gasteiger partial charge is 0.211 e. The number of piperidine rings is 1. The molecule has 0 N–H and O–H groups in total. The van der Waals surface area contributed by atoms with Crippen molar-refractivity contribution < 1.29 is 4.42 Å². The van der Waals surface area contributed by atoms with Gasteiger partial charge in [0.2, 0.25) is 5.89 Å². The number of rotatable bonds is 6. The molecule has 0 aliphatic carbocycles. The number of hydrogen-bond acceptors (Lipinski definition) is 5. The van der Waals surface area contributed by atoms with Crippen LogP contribution in [-0.4, -0.2) is 51.2 Å². The molecule has 0 amide bonds. The second-order valence-corrected chi connectivity index (χ2v) is 9.35. The van der Waals surface area contributed by atoms with Crippen molar-refractivity contribution in [3.63, 3.8) is 0 Å². The van der Waals surface area contributed by atoms with Crippen LogP contribution in [0.5, 0.6) is 0 Å². The Bertz CT molecular complexity index is 759. The lowest BCUT2D eigenvalue weighted by molar-refractivity contribution is 0.0644. The summed E-state index contributed by atoms with van der Waals surface area (Å²) in [5, 5.41) is 4.43. The number of nitrogens with zero attached hydrogens (tertiary/aromatic N) is 5. The molecular weight excluding hydrogens is 350 g/mol. The van der Waals surface area contributed by atoms with Crippen LogP contribution in [0.2, 0.25) is 0 Å². The first-order valence-electron chi connectivity index (χ1n) is 10.6. The zero-order valence-electron chi connectivity index (χ0n) is 18.6. The summed E-state index contributed by atoms with van der Waals surface area (Å²) in [5.74, 6) is 2.33. The third-order valence-electron chi connectivity index (χ3n) is 6.14. The van der Waals surface area contributed by atoms with Crippen molar-refractivity contribution >= 4 is 0 Å². The van der Waals surface area contributed by atoms with Gasteiger partial charge in [0.15, 0.2) is 0 Å². The Hall–Kier alpha value is -1.66. The highest BCUT2D eigenvalue weighted by Gasteiger charge is 2.34. The second kappa shape index (κ2) is 8.37. The molecule has 3 heterocycles. The summed E-state index contributed by atoms with van der Waals surface area (Å²) in [6, 6.07) is 0.583. The van der Waals surface area contributed by atoms with Crippen LogP contribution >= 0.6 is 0 Å². The highest BCUT2D eigenvalue weighted by atomic mass is 16.4. The minimum Gasteiger partial charge on any atom is -0.443 e. The third-order valence-corrected chi connectivity index (χ3v) is 6.14. The molecule has 1 fully saturated rings. The number of aryl methyl sites for hydroxylation is 1. The first kappa shape index (κ1) is 21.1. The summed E-state index contributed by atoms with van der Waals surface area (Å²) in [6.07, 6.45) is 8.60. The van der Waals surface area contributed by atoms with Crippen LogP contribution in [0.3, 0.4) is 0 Å². The van der Waals surface area contributed by atoms with Gasteiger partial charge in [-0.3, -0.25) is 14.5 Å².